The first-order chi connectivity index (χ1) is 9.49. The molecular weight excluding hydrogens is 267 g/mol. The number of ether oxygens (including phenoxy) is 1. The Kier molecular flexibility index (Phi) is 4.29. The van der Waals surface area contributed by atoms with Crippen molar-refractivity contribution in [1.82, 2.24) is 5.32 Å². The lowest BCUT2D eigenvalue weighted by atomic mass is 9.99. The fourth-order valence-corrected chi connectivity index (χ4v) is 2.03. The first-order valence-electron chi connectivity index (χ1n) is 6.07. The Morgan fingerprint density at radius 3 is 1.95 bits per heavy atom. The second-order valence-corrected chi connectivity index (χ2v) is 4.25. The van der Waals surface area contributed by atoms with E-state index in [0.717, 1.165) is 11.1 Å². The summed E-state index contributed by atoms with van der Waals surface area (Å²) in [4.78, 5) is 0. The van der Waals surface area contributed by atoms with Crippen molar-refractivity contribution in [3.63, 3.8) is 0 Å². The summed E-state index contributed by atoms with van der Waals surface area (Å²) in [5.41, 5.74) is 1.91. The van der Waals surface area contributed by atoms with Crippen LogP contribution in [-0.4, -0.2) is 13.4 Å². The molecule has 0 aliphatic heterocycles. The zero-order valence-corrected chi connectivity index (χ0v) is 10.8. The highest BCUT2D eigenvalue weighted by Gasteiger charge is 2.31. The van der Waals surface area contributed by atoms with E-state index in [9.17, 15) is 13.2 Å². The smallest absolute Gasteiger partial charge is 0.406 e. The largest absolute Gasteiger partial charge is 0.573 e. The van der Waals surface area contributed by atoms with E-state index in [1.807, 2.05) is 30.3 Å². The minimum Gasteiger partial charge on any atom is -0.406 e. The van der Waals surface area contributed by atoms with Crippen molar-refractivity contribution in [1.29, 1.82) is 0 Å². The third-order valence-corrected chi connectivity index (χ3v) is 2.87. The number of nitrogens with one attached hydrogen (secondary N) is 1. The molecule has 2 aromatic rings. The van der Waals surface area contributed by atoms with Crippen LogP contribution in [0.4, 0.5) is 13.2 Å². The molecular formula is C15H14F3NO. The number of alkyl halides is 3. The van der Waals surface area contributed by atoms with Gasteiger partial charge in [-0.3, -0.25) is 0 Å². The van der Waals surface area contributed by atoms with Crippen LogP contribution in [0.1, 0.15) is 17.2 Å². The van der Waals surface area contributed by atoms with Gasteiger partial charge in [0.25, 0.3) is 0 Å². The molecule has 1 N–H and O–H groups in total. The molecule has 0 bridgehead atoms. The Morgan fingerprint density at radius 2 is 1.45 bits per heavy atom. The molecule has 0 amide bonds. The standard InChI is InChI=1S/C15H14F3NO/c1-19-14(11-5-3-2-4-6-11)12-7-9-13(10-8-12)20-15(16,17)18/h2-10,14,19H,1H3. The topological polar surface area (TPSA) is 21.3 Å². The van der Waals surface area contributed by atoms with Gasteiger partial charge in [0.05, 0.1) is 6.04 Å². The Labute approximate surface area is 115 Å². The van der Waals surface area contributed by atoms with Crippen molar-refractivity contribution in [3.05, 3.63) is 65.7 Å². The molecule has 1 unspecified atom stereocenters. The van der Waals surface area contributed by atoms with Gasteiger partial charge in [-0.1, -0.05) is 42.5 Å². The van der Waals surface area contributed by atoms with Crippen LogP contribution in [-0.2, 0) is 0 Å². The minimum atomic E-state index is -4.66. The van der Waals surface area contributed by atoms with Crippen LogP contribution < -0.4 is 10.1 Å². The summed E-state index contributed by atoms with van der Waals surface area (Å²) in [5.74, 6) is -0.218. The fraction of sp³-hybridized carbons (Fsp3) is 0.200. The lowest BCUT2D eigenvalue weighted by Crippen LogP contribution is -2.18. The van der Waals surface area contributed by atoms with Crippen molar-refractivity contribution in [2.75, 3.05) is 7.05 Å². The molecule has 0 aliphatic rings. The van der Waals surface area contributed by atoms with Gasteiger partial charge in [-0.2, -0.15) is 0 Å². The van der Waals surface area contributed by atoms with E-state index in [1.54, 1.807) is 19.2 Å². The Hall–Kier alpha value is -2.01. The van der Waals surface area contributed by atoms with Crippen LogP contribution in [0.15, 0.2) is 54.6 Å². The average molecular weight is 281 g/mol. The lowest BCUT2D eigenvalue weighted by molar-refractivity contribution is -0.274. The second kappa shape index (κ2) is 5.96. The molecule has 2 rings (SSSR count). The van der Waals surface area contributed by atoms with Gasteiger partial charge in [0.15, 0.2) is 0 Å². The Balaban J connectivity index is 2.20. The summed E-state index contributed by atoms with van der Waals surface area (Å²) in [6.45, 7) is 0. The van der Waals surface area contributed by atoms with E-state index < -0.39 is 6.36 Å². The molecule has 0 saturated carbocycles. The van der Waals surface area contributed by atoms with E-state index in [-0.39, 0.29) is 11.8 Å². The molecule has 5 heteroatoms. The molecule has 0 heterocycles. The molecule has 2 aromatic carbocycles. The molecule has 2 nitrogen and oxygen atoms in total. The number of rotatable bonds is 4. The number of halogens is 3. The van der Waals surface area contributed by atoms with Gasteiger partial charge in [0, 0.05) is 0 Å². The molecule has 0 aliphatic carbocycles. The van der Waals surface area contributed by atoms with Gasteiger partial charge >= 0.3 is 6.36 Å². The van der Waals surface area contributed by atoms with Gasteiger partial charge in [-0.15, -0.1) is 13.2 Å². The number of hydrogen-bond donors (Lipinski definition) is 1. The van der Waals surface area contributed by atoms with E-state index in [4.69, 9.17) is 0 Å². The van der Waals surface area contributed by atoms with Crippen molar-refractivity contribution < 1.29 is 17.9 Å². The van der Waals surface area contributed by atoms with Gasteiger partial charge in [-0.05, 0) is 30.3 Å². The van der Waals surface area contributed by atoms with Crippen LogP contribution in [0, 0.1) is 0 Å². The Bertz CT molecular complexity index is 537. The van der Waals surface area contributed by atoms with Crippen LogP contribution in [0.5, 0.6) is 5.75 Å². The number of benzene rings is 2. The molecule has 1 atom stereocenters. The molecule has 106 valence electrons. The third-order valence-electron chi connectivity index (χ3n) is 2.87. The third kappa shape index (κ3) is 3.74. The van der Waals surface area contributed by atoms with Crippen LogP contribution in [0.3, 0.4) is 0 Å². The summed E-state index contributed by atoms with van der Waals surface area (Å²) in [5, 5.41) is 3.14. The average Bonchev–Trinajstić information content (AvgIpc) is 2.41. The van der Waals surface area contributed by atoms with Crippen LogP contribution in [0.25, 0.3) is 0 Å². The molecule has 0 spiro atoms. The molecule has 20 heavy (non-hydrogen) atoms. The molecule has 0 radical (unpaired) electrons. The normalized spacial score (nSPS) is 13.0. The van der Waals surface area contributed by atoms with Gasteiger partial charge in [0.2, 0.25) is 0 Å². The molecule has 0 saturated heterocycles. The summed E-state index contributed by atoms with van der Waals surface area (Å²) in [6.07, 6.45) is -4.66. The maximum Gasteiger partial charge on any atom is 0.573 e. The summed E-state index contributed by atoms with van der Waals surface area (Å²) in [7, 11) is 1.80. The molecule has 0 fully saturated rings. The Morgan fingerprint density at radius 1 is 0.900 bits per heavy atom. The highest BCUT2D eigenvalue weighted by atomic mass is 19.4. The summed E-state index contributed by atoms with van der Waals surface area (Å²) in [6, 6.07) is 15.5. The van der Waals surface area contributed by atoms with E-state index >= 15 is 0 Å². The maximum absolute atomic E-state index is 12.1. The van der Waals surface area contributed by atoms with Crippen LogP contribution >= 0.6 is 0 Å². The summed E-state index contributed by atoms with van der Waals surface area (Å²) >= 11 is 0. The highest BCUT2D eigenvalue weighted by molar-refractivity contribution is 5.35. The van der Waals surface area contributed by atoms with Crippen LogP contribution in [0.2, 0.25) is 0 Å². The maximum atomic E-state index is 12.1. The van der Waals surface area contributed by atoms with Gasteiger partial charge < -0.3 is 10.1 Å². The van der Waals surface area contributed by atoms with E-state index in [1.165, 1.54) is 12.1 Å². The van der Waals surface area contributed by atoms with Crippen molar-refractivity contribution in [2.24, 2.45) is 0 Å². The van der Waals surface area contributed by atoms with Gasteiger partial charge in [-0.25, -0.2) is 0 Å². The van der Waals surface area contributed by atoms with Crippen molar-refractivity contribution in [2.45, 2.75) is 12.4 Å². The van der Waals surface area contributed by atoms with Crippen molar-refractivity contribution in [3.8, 4) is 5.75 Å². The first kappa shape index (κ1) is 14.4. The predicted octanol–water partition coefficient (Wildman–Crippen LogP) is 3.89. The predicted molar refractivity (Wildman–Crippen MR) is 70.5 cm³/mol. The SMILES string of the molecule is CNC(c1ccccc1)c1ccc(OC(F)(F)F)cc1. The fourth-order valence-electron chi connectivity index (χ4n) is 2.03. The second-order valence-electron chi connectivity index (χ2n) is 4.25. The van der Waals surface area contributed by atoms with E-state index in [2.05, 4.69) is 10.1 Å². The number of hydrogen-bond acceptors (Lipinski definition) is 2. The zero-order chi connectivity index (χ0) is 14.6. The highest BCUT2D eigenvalue weighted by Crippen LogP contribution is 2.26. The minimum absolute atomic E-state index is 0.0730. The zero-order valence-electron chi connectivity index (χ0n) is 10.8. The molecule has 0 aromatic heterocycles. The first-order valence-corrected chi connectivity index (χ1v) is 6.07. The lowest BCUT2D eigenvalue weighted by Gasteiger charge is -2.17. The quantitative estimate of drug-likeness (QED) is 0.918. The monoisotopic (exact) mass is 281 g/mol. The van der Waals surface area contributed by atoms with Gasteiger partial charge in [0.1, 0.15) is 5.75 Å². The van der Waals surface area contributed by atoms with E-state index in [0.29, 0.717) is 0 Å². The summed E-state index contributed by atoms with van der Waals surface area (Å²) < 4.78 is 40.1. The van der Waals surface area contributed by atoms with Crippen molar-refractivity contribution >= 4 is 0 Å².